The number of nitrogens with zero attached hydrogens (tertiary/aromatic N) is 1. The number of hydrogen-bond acceptors (Lipinski definition) is 4. The van der Waals surface area contributed by atoms with Gasteiger partial charge in [0.1, 0.15) is 5.82 Å². The van der Waals surface area contributed by atoms with Crippen LogP contribution in [0.4, 0.5) is 5.82 Å². The number of aromatic nitrogens is 1. The van der Waals surface area contributed by atoms with Gasteiger partial charge in [0.2, 0.25) is 0 Å². The molecule has 2 aromatic rings. The molecule has 1 unspecified atom stereocenters. The summed E-state index contributed by atoms with van der Waals surface area (Å²) < 4.78 is 5.67. The van der Waals surface area contributed by atoms with Crippen LogP contribution < -0.4 is 5.32 Å². The van der Waals surface area contributed by atoms with Crippen LogP contribution in [0.2, 0.25) is 0 Å². The van der Waals surface area contributed by atoms with E-state index in [1.54, 1.807) is 18.2 Å². The molecule has 0 bridgehead atoms. The molecule has 0 amide bonds. The molecule has 1 aliphatic heterocycles. The van der Waals surface area contributed by atoms with Crippen LogP contribution in [0.5, 0.6) is 0 Å². The number of benzene rings is 1. The van der Waals surface area contributed by atoms with E-state index in [0.29, 0.717) is 10.9 Å². The molecular formula is C16H18N2O3. The van der Waals surface area contributed by atoms with E-state index < -0.39 is 5.97 Å². The van der Waals surface area contributed by atoms with Crippen molar-refractivity contribution in [3.8, 4) is 0 Å². The van der Waals surface area contributed by atoms with E-state index in [1.165, 1.54) is 6.42 Å². The van der Waals surface area contributed by atoms with E-state index in [1.807, 2.05) is 12.1 Å². The summed E-state index contributed by atoms with van der Waals surface area (Å²) >= 11 is 0. The summed E-state index contributed by atoms with van der Waals surface area (Å²) in [6, 6.07) is 8.75. The third-order valence-corrected chi connectivity index (χ3v) is 3.75. The minimum absolute atomic E-state index is 0.238. The van der Waals surface area contributed by atoms with Gasteiger partial charge in [0.15, 0.2) is 0 Å². The summed E-state index contributed by atoms with van der Waals surface area (Å²) in [6.45, 7) is 1.57. The number of hydrogen-bond donors (Lipinski definition) is 2. The van der Waals surface area contributed by atoms with Crippen molar-refractivity contribution >= 4 is 22.7 Å². The third kappa shape index (κ3) is 3.13. The predicted octanol–water partition coefficient (Wildman–Crippen LogP) is 2.91. The Hall–Kier alpha value is -2.14. The van der Waals surface area contributed by atoms with Gasteiger partial charge in [-0.05, 0) is 43.5 Å². The molecule has 0 spiro atoms. The standard InChI is InChI=1S/C16H18N2O3/c19-16(20)13-5-3-6-14-12(13)7-8-15(18-14)17-10-11-4-1-2-9-21-11/h3,5-8,11H,1-2,4,9-10H2,(H,17,18)(H,19,20). The van der Waals surface area contributed by atoms with Crippen molar-refractivity contribution in [3.63, 3.8) is 0 Å². The number of ether oxygens (including phenoxy) is 1. The van der Waals surface area contributed by atoms with Gasteiger partial charge in [-0.2, -0.15) is 0 Å². The van der Waals surface area contributed by atoms with Crippen LogP contribution in [0.3, 0.4) is 0 Å². The lowest BCUT2D eigenvalue weighted by Gasteiger charge is -2.23. The number of fused-ring (bicyclic) bond motifs is 1. The molecule has 3 rings (SSSR count). The molecule has 0 aliphatic carbocycles. The highest BCUT2D eigenvalue weighted by atomic mass is 16.5. The van der Waals surface area contributed by atoms with Crippen molar-refractivity contribution in [1.82, 2.24) is 4.98 Å². The molecule has 21 heavy (non-hydrogen) atoms. The first-order chi connectivity index (χ1) is 10.2. The zero-order chi connectivity index (χ0) is 14.7. The lowest BCUT2D eigenvalue weighted by atomic mass is 10.1. The molecule has 1 saturated heterocycles. The molecule has 1 aromatic heterocycles. The predicted molar refractivity (Wildman–Crippen MR) is 80.8 cm³/mol. The Morgan fingerprint density at radius 2 is 2.24 bits per heavy atom. The Kier molecular flexibility index (Phi) is 4.01. The quantitative estimate of drug-likeness (QED) is 0.904. The van der Waals surface area contributed by atoms with Crippen LogP contribution in [-0.4, -0.2) is 35.3 Å². The van der Waals surface area contributed by atoms with Crippen LogP contribution in [-0.2, 0) is 4.74 Å². The van der Waals surface area contributed by atoms with Crippen molar-refractivity contribution in [2.24, 2.45) is 0 Å². The van der Waals surface area contributed by atoms with Crippen LogP contribution >= 0.6 is 0 Å². The monoisotopic (exact) mass is 286 g/mol. The fraction of sp³-hybridized carbons (Fsp3) is 0.375. The zero-order valence-corrected chi connectivity index (χ0v) is 11.7. The van der Waals surface area contributed by atoms with E-state index in [9.17, 15) is 4.79 Å². The Morgan fingerprint density at radius 1 is 1.33 bits per heavy atom. The fourth-order valence-corrected chi connectivity index (χ4v) is 2.63. The minimum Gasteiger partial charge on any atom is -0.478 e. The highest BCUT2D eigenvalue weighted by Crippen LogP contribution is 2.20. The molecule has 5 nitrogen and oxygen atoms in total. The first-order valence-electron chi connectivity index (χ1n) is 7.22. The number of carboxylic acid groups (broad SMARTS) is 1. The second-order valence-corrected chi connectivity index (χ2v) is 5.24. The lowest BCUT2D eigenvalue weighted by molar-refractivity contribution is 0.0247. The molecule has 0 saturated carbocycles. The number of rotatable bonds is 4. The first kappa shape index (κ1) is 13.8. The maximum atomic E-state index is 11.2. The molecule has 2 heterocycles. The summed E-state index contributed by atoms with van der Waals surface area (Å²) in [7, 11) is 0. The van der Waals surface area contributed by atoms with Gasteiger partial charge in [0.05, 0.1) is 17.2 Å². The largest absolute Gasteiger partial charge is 0.478 e. The second-order valence-electron chi connectivity index (χ2n) is 5.24. The maximum absolute atomic E-state index is 11.2. The average molecular weight is 286 g/mol. The summed E-state index contributed by atoms with van der Waals surface area (Å²) in [5, 5.41) is 13.1. The van der Waals surface area contributed by atoms with Crippen LogP contribution in [0.1, 0.15) is 29.6 Å². The van der Waals surface area contributed by atoms with E-state index >= 15 is 0 Å². The van der Waals surface area contributed by atoms with Gasteiger partial charge >= 0.3 is 5.97 Å². The van der Waals surface area contributed by atoms with E-state index in [0.717, 1.165) is 31.8 Å². The van der Waals surface area contributed by atoms with Gasteiger partial charge in [0, 0.05) is 18.5 Å². The van der Waals surface area contributed by atoms with Gasteiger partial charge < -0.3 is 15.2 Å². The number of carboxylic acids is 1. The summed E-state index contributed by atoms with van der Waals surface area (Å²) in [5.41, 5.74) is 0.964. The lowest BCUT2D eigenvalue weighted by Crippen LogP contribution is -2.27. The van der Waals surface area contributed by atoms with Crippen LogP contribution in [0.15, 0.2) is 30.3 Å². The Balaban J connectivity index is 1.76. The minimum atomic E-state index is -0.932. The van der Waals surface area contributed by atoms with Gasteiger partial charge in [0.25, 0.3) is 0 Å². The van der Waals surface area contributed by atoms with Crippen LogP contribution in [0, 0.1) is 0 Å². The Bertz CT molecular complexity index is 651. The van der Waals surface area contributed by atoms with E-state index in [2.05, 4.69) is 10.3 Å². The van der Waals surface area contributed by atoms with Gasteiger partial charge in [-0.15, -0.1) is 0 Å². The van der Waals surface area contributed by atoms with Crippen molar-refractivity contribution in [1.29, 1.82) is 0 Å². The Morgan fingerprint density at radius 3 is 3.00 bits per heavy atom. The first-order valence-corrected chi connectivity index (χ1v) is 7.22. The molecule has 0 radical (unpaired) electrons. The number of nitrogens with one attached hydrogen (secondary N) is 1. The number of pyridine rings is 1. The van der Waals surface area contributed by atoms with Crippen molar-refractivity contribution in [2.45, 2.75) is 25.4 Å². The molecule has 1 atom stereocenters. The second kappa shape index (κ2) is 6.10. The SMILES string of the molecule is O=C(O)c1cccc2nc(NCC3CCCCO3)ccc12. The smallest absolute Gasteiger partial charge is 0.336 e. The van der Waals surface area contributed by atoms with Gasteiger partial charge in [-0.3, -0.25) is 0 Å². The number of aromatic carboxylic acids is 1. The van der Waals surface area contributed by atoms with Gasteiger partial charge in [-0.1, -0.05) is 6.07 Å². The normalized spacial score (nSPS) is 18.6. The average Bonchev–Trinajstić information content (AvgIpc) is 2.53. The zero-order valence-electron chi connectivity index (χ0n) is 11.7. The molecular weight excluding hydrogens is 268 g/mol. The highest BCUT2D eigenvalue weighted by Gasteiger charge is 2.14. The van der Waals surface area contributed by atoms with Gasteiger partial charge in [-0.25, -0.2) is 9.78 Å². The van der Waals surface area contributed by atoms with E-state index in [4.69, 9.17) is 9.84 Å². The molecule has 5 heteroatoms. The van der Waals surface area contributed by atoms with Crippen LogP contribution in [0.25, 0.3) is 10.9 Å². The Labute approximate surface area is 123 Å². The molecule has 110 valence electrons. The summed E-state index contributed by atoms with van der Waals surface area (Å²) in [5.74, 6) is -0.182. The fourth-order valence-electron chi connectivity index (χ4n) is 2.63. The molecule has 1 aliphatic rings. The molecule has 2 N–H and O–H groups in total. The number of carbonyl (C=O) groups is 1. The topological polar surface area (TPSA) is 71.5 Å². The number of anilines is 1. The van der Waals surface area contributed by atoms with Crippen molar-refractivity contribution in [2.75, 3.05) is 18.5 Å². The molecule has 1 aromatic carbocycles. The van der Waals surface area contributed by atoms with E-state index in [-0.39, 0.29) is 11.7 Å². The maximum Gasteiger partial charge on any atom is 0.336 e. The highest BCUT2D eigenvalue weighted by molar-refractivity contribution is 6.02. The summed E-state index contributed by atoms with van der Waals surface area (Å²) in [6.07, 6.45) is 3.66. The summed E-state index contributed by atoms with van der Waals surface area (Å²) in [4.78, 5) is 15.6. The van der Waals surface area contributed by atoms with Crippen molar-refractivity contribution < 1.29 is 14.6 Å². The van der Waals surface area contributed by atoms with Crippen molar-refractivity contribution in [3.05, 3.63) is 35.9 Å². The third-order valence-electron chi connectivity index (χ3n) is 3.75. The molecule has 1 fully saturated rings.